The average Bonchev–Trinajstić information content (AvgIpc) is 3.54. The van der Waals surface area contributed by atoms with Crippen LogP contribution < -0.4 is 0 Å². The van der Waals surface area contributed by atoms with Crippen molar-refractivity contribution in [3.8, 4) is 11.5 Å². The summed E-state index contributed by atoms with van der Waals surface area (Å²) in [5.41, 5.74) is 4.76. The number of hydrogen-bond donors (Lipinski definition) is 0. The van der Waals surface area contributed by atoms with Crippen LogP contribution in [-0.2, 0) is 17.9 Å². The lowest BCUT2D eigenvalue weighted by Gasteiger charge is -2.16. The van der Waals surface area contributed by atoms with Gasteiger partial charge in [0.1, 0.15) is 5.82 Å². The van der Waals surface area contributed by atoms with Gasteiger partial charge in [0.25, 0.3) is 5.69 Å². The van der Waals surface area contributed by atoms with Crippen molar-refractivity contribution >= 4 is 17.7 Å². The summed E-state index contributed by atoms with van der Waals surface area (Å²) in [6.07, 6.45) is 7.12. The highest BCUT2D eigenvalue weighted by molar-refractivity contribution is 5.92. The molecule has 8 heteroatoms. The number of aryl methyl sites for hydroxylation is 1. The summed E-state index contributed by atoms with van der Waals surface area (Å²) in [5.74, 6) is 0.797. The van der Waals surface area contributed by atoms with Crippen LogP contribution in [0.15, 0.2) is 79.1 Å². The van der Waals surface area contributed by atoms with Gasteiger partial charge in [-0.05, 0) is 54.5 Å². The quantitative estimate of drug-likeness (QED) is 0.261. The van der Waals surface area contributed by atoms with E-state index in [2.05, 4.69) is 13.0 Å². The Kier molecular flexibility index (Phi) is 5.10. The second-order valence-corrected chi connectivity index (χ2v) is 7.91. The van der Waals surface area contributed by atoms with Gasteiger partial charge < -0.3 is 9.47 Å². The monoisotopic (exact) mass is 439 g/mol. The minimum Gasteiger partial charge on any atom is -0.329 e. The molecule has 2 aromatic heterocycles. The minimum absolute atomic E-state index is 0.0199. The van der Waals surface area contributed by atoms with Gasteiger partial charge in [-0.2, -0.15) is 5.10 Å². The van der Waals surface area contributed by atoms with Gasteiger partial charge in [0.2, 0.25) is 5.91 Å². The van der Waals surface area contributed by atoms with E-state index in [-0.39, 0.29) is 11.6 Å². The molecular weight excluding hydrogens is 418 g/mol. The van der Waals surface area contributed by atoms with Crippen molar-refractivity contribution in [1.82, 2.24) is 19.2 Å². The molecule has 33 heavy (non-hydrogen) atoms. The van der Waals surface area contributed by atoms with Crippen LogP contribution in [0, 0.1) is 17.0 Å². The van der Waals surface area contributed by atoms with E-state index in [0.717, 1.165) is 33.9 Å². The number of para-hydroxylation sites is 1. The van der Waals surface area contributed by atoms with Crippen LogP contribution in [0.3, 0.4) is 0 Å². The third kappa shape index (κ3) is 3.82. The highest BCUT2D eigenvalue weighted by atomic mass is 16.6. The second-order valence-electron chi connectivity index (χ2n) is 7.91. The zero-order valence-corrected chi connectivity index (χ0v) is 18.0. The van der Waals surface area contributed by atoms with Crippen molar-refractivity contribution in [3.05, 3.63) is 112 Å². The molecule has 1 aliphatic heterocycles. The van der Waals surface area contributed by atoms with Crippen LogP contribution in [0.4, 0.5) is 5.69 Å². The van der Waals surface area contributed by atoms with Crippen molar-refractivity contribution in [2.45, 2.75) is 20.0 Å². The fraction of sp³-hybridized carbons (Fsp3) is 0.120. The molecule has 0 fully saturated rings. The molecule has 2 aromatic carbocycles. The van der Waals surface area contributed by atoms with Gasteiger partial charge in [0, 0.05) is 36.2 Å². The largest absolute Gasteiger partial charge is 0.329 e. The Balaban J connectivity index is 1.41. The first-order valence-corrected chi connectivity index (χ1v) is 10.5. The lowest BCUT2D eigenvalue weighted by atomic mass is 10.2. The van der Waals surface area contributed by atoms with E-state index in [1.807, 2.05) is 52.0 Å². The van der Waals surface area contributed by atoms with Crippen LogP contribution in [0.25, 0.3) is 17.6 Å². The number of fused-ring (bicyclic) bond motifs is 1. The summed E-state index contributed by atoms with van der Waals surface area (Å²) in [5, 5.41) is 15.7. The molecule has 0 saturated heterocycles. The Labute approximate surface area is 190 Å². The van der Waals surface area contributed by atoms with Gasteiger partial charge in [-0.15, -0.1) is 0 Å². The topological polar surface area (TPSA) is 86.2 Å². The maximum atomic E-state index is 12.9. The molecule has 1 aliphatic rings. The minimum atomic E-state index is -0.446. The number of hydrogen-bond acceptors (Lipinski definition) is 4. The lowest BCUT2D eigenvalue weighted by Crippen LogP contribution is -2.24. The molecule has 0 atom stereocenters. The Morgan fingerprint density at radius 3 is 2.45 bits per heavy atom. The molecule has 0 N–H and O–H groups in total. The van der Waals surface area contributed by atoms with E-state index >= 15 is 0 Å². The Hall–Kier alpha value is -4.46. The lowest BCUT2D eigenvalue weighted by molar-refractivity contribution is -0.384. The Morgan fingerprint density at radius 1 is 1.03 bits per heavy atom. The summed E-state index contributed by atoms with van der Waals surface area (Å²) in [4.78, 5) is 25.0. The first-order valence-electron chi connectivity index (χ1n) is 10.5. The summed E-state index contributed by atoms with van der Waals surface area (Å²) < 4.78 is 3.98. The summed E-state index contributed by atoms with van der Waals surface area (Å²) in [6.45, 7) is 2.93. The summed E-state index contributed by atoms with van der Waals surface area (Å²) in [7, 11) is 0. The van der Waals surface area contributed by atoms with Gasteiger partial charge in [0.15, 0.2) is 0 Å². The molecule has 5 rings (SSSR count). The molecule has 164 valence electrons. The highest BCUT2D eigenvalue weighted by Crippen LogP contribution is 2.31. The predicted molar refractivity (Wildman–Crippen MR) is 124 cm³/mol. The number of carbonyl (C=O) groups is 1. The number of rotatable bonds is 5. The molecule has 8 nitrogen and oxygen atoms in total. The number of amides is 1. The molecule has 0 bridgehead atoms. The van der Waals surface area contributed by atoms with E-state index in [9.17, 15) is 14.9 Å². The van der Waals surface area contributed by atoms with Gasteiger partial charge in [-0.25, -0.2) is 4.68 Å². The molecule has 0 saturated carbocycles. The van der Waals surface area contributed by atoms with E-state index in [1.54, 1.807) is 23.1 Å². The van der Waals surface area contributed by atoms with Crippen molar-refractivity contribution in [2.75, 3.05) is 0 Å². The van der Waals surface area contributed by atoms with E-state index in [0.29, 0.717) is 13.1 Å². The number of nitro benzene ring substituents is 1. The number of non-ortho nitro benzene ring substituents is 1. The molecular formula is C25H21N5O3. The van der Waals surface area contributed by atoms with Crippen LogP contribution in [0.5, 0.6) is 0 Å². The molecule has 3 heterocycles. The average molecular weight is 439 g/mol. The van der Waals surface area contributed by atoms with Crippen molar-refractivity contribution in [1.29, 1.82) is 0 Å². The van der Waals surface area contributed by atoms with Gasteiger partial charge in [-0.1, -0.05) is 18.2 Å². The van der Waals surface area contributed by atoms with E-state index < -0.39 is 4.92 Å². The predicted octanol–water partition coefficient (Wildman–Crippen LogP) is 4.44. The maximum Gasteiger partial charge on any atom is 0.269 e. The third-order valence-electron chi connectivity index (χ3n) is 5.76. The zero-order valence-electron chi connectivity index (χ0n) is 18.0. The summed E-state index contributed by atoms with van der Waals surface area (Å²) >= 11 is 0. The number of nitrogens with zero attached hydrogens (tertiary/aromatic N) is 5. The highest BCUT2D eigenvalue weighted by Gasteiger charge is 2.30. The van der Waals surface area contributed by atoms with E-state index in [4.69, 9.17) is 5.10 Å². The van der Waals surface area contributed by atoms with Gasteiger partial charge in [0.05, 0.1) is 29.4 Å². The number of nitro groups is 1. The van der Waals surface area contributed by atoms with Crippen LogP contribution >= 0.6 is 0 Å². The first-order chi connectivity index (χ1) is 16.0. The molecule has 0 aliphatic carbocycles. The van der Waals surface area contributed by atoms with Crippen LogP contribution in [-0.4, -0.2) is 30.1 Å². The SMILES string of the molecule is Cc1ccccc1-n1nc2c(c1-n1cccc1)CN(C(=O)/C=C/c1ccc([N+](=O)[O-])cc1)C2. The summed E-state index contributed by atoms with van der Waals surface area (Å²) in [6, 6.07) is 18.1. The fourth-order valence-corrected chi connectivity index (χ4v) is 4.05. The number of aromatic nitrogens is 3. The Bertz CT molecular complexity index is 1370. The zero-order chi connectivity index (χ0) is 22.9. The van der Waals surface area contributed by atoms with Crippen molar-refractivity contribution < 1.29 is 9.72 Å². The smallest absolute Gasteiger partial charge is 0.269 e. The maximum absolute atomic E-state index is 12.9. The number of benzene rings is 2. The fourth-order valence-electron chi connectivity index (χ4n) is 4.05. The van der Waals surface area contributed by atoms with Gasteiger partial charge in [-0.3, -0.25) is 14.9 Å². The Morgan fingerprint density at radius 2 is 1.76 bits per heavy atom. The van der Waals surface area contributed by atoms with Crippen LogP contribution in [0.2, 0.25) is 0 Å². The molecule has 0 spiro atoms. The second kappa shape index (κ2) is 8.23. The molecule has 1 amide bonds. The first kappa shape index (κ1) is 20.4. The van der Waals surface area contributed by atoms with E-state index in [1.165, 1.54) is 18.2 Å². The molecule has 0 unspecified atom stereocenters. The van der Waals surface area contributed by atoms with Crippen LogP contribution in [0.1, 0.15) is 22.4 Å². The van der Waals surface area contributed by atoms with Crippen molar-refractivity contribution in [3.63, 3.8) is 0 Å². The van der Waals surface area contributed by atoms with Crippen molar-refractivity contribution in [2.24, 2.45) is 0 Å². The normalized spacial score (nSPS) is 12.9. The third-order valence-corrected chi connectivity index (χ3v) is 5.76. The number of carbonyl (C=O) groups excluding carboxylic acids is 1. The molecule has 4 aromatic rings. The standard InChI is InChI=1S/C25H21N5O3/c1-18-6-2-3-7-23(18)29-25(27-14-4-5-15-27)21-16-28(17-22(21)26-29)24(31)13-10-19-8-11-20(12-9-19)30(32)33/h2-15H,16-17H2,1H3/b13-10+. The van der Waals surface area contributed by atoms with Gasteiger partial charge >= 0.3 is 0 Å². The molecule has 0 radical (unpaired) electrons.